The summed E-state index contributed by atoms with van der Waals surface area (Å²) in [6.45, 7) is 8.27. The van der Waals surface area contributed by atoms with Gasteiger partial charge in [-0.05, 0) is 38.7 Å². The molecular formula is C16H21BN2O2. The maximum Gasteiger partial charge on any atom is 0.494 e. The molecule has 4 nitrogen and oxygen atoms in total. The molecule has 0 bridgehead atoms. The fraction of sp³-hybridized carbons (Fsp3) is 0.438. The quantitative estimate of drug-likeness (QED) is 0.794. The summed E-state index contributed by atoms with van der Waals surface area (Å²) >= 11 is 0. The summed E-state index contributed by atoms with van der Waals surface area (Å²) in [4.78, 5) is 0. The third-order valence-electron chi connectivity index (χ3n) is 4.45. The molecule has 1 fully saturated rings. The average molecular weight is 284 g/mol. The van der Waals surface area contributed by atoms with Crippen LogP contribution in [0.4, 0.5) is 0 Å². The first-order valence-corrected chi connectivity index (χ1v) is 7.23. The van der Waals surface area contributed by atoms with Crippen molar-refractivity contribution in [3.05, 3.63) is 36.7 Å². The third kappa shape index (κ3) is 2.52. The summed E-state index contributed by atoms with van der Waals surface area (Å²) in [5, 5.41) is 4.22. The molecule has 1 saturated heterocycles. The number of hydrogen-bond donors (Lipinski definition) is 0. The van der Waals surface area contributed by atoms with E-state index in [4.69, 9.17) is 9.31 Å². The van der Waals surface area contributed by atoms with Gasteiger partial charge >= 0.3 is 7.12 Å². The molecular weight excluding hydrogens is 263 g/mol. The Morgan fingerprint density at radius 2 is 1.71 bits per heavy atom. The van der Waals surface area contributed by atoms with Crippen molar-refractivity contribution in [1.29, 1.82) is 0 Å². The summed E-state index contributed by atoms with van der Waals surface area (Å²) in [6.07, 6.45) is 3.87. The van der Waals surface area contributed by atoms with E-state index in [1.165, 1.54) is 0 Å². The van der Waals surface area contributed by atoms with E-state index in [9.17, 15) is 0 Å². The van der Waals surface area contributed by atoms with E-state index in [2.05, 4.69) is 44.9 Å². The first kappa shape index (κ1) is 14.4. The van der Waals surface area contributed by atoms with E-state index < -0.39 is 0 Å². The molecule has 1 aromatic heterocycles. The van der Waals surface area contributed by atoms with E-state index >= 15 is 0 Å². The number of hydrogen-bond acceptors (Lipinski definition) is 3. The van der Waals surface area contributed by atoms with Crippen LogP contribution >= 0.6 is 0 Å². The van der Waals surface area contributed by atoms with Crippen molar-refractivity contribution < 1.29 is 9.31 Å². The molecule has 1 aliphatic rings. The van der Waals surface area contributed by atoms with Gasteiger partial charge in [0.15, 0.2) is 0 Å². The first-order valence-electron chi connectivity index (χ1n) is 7.23. The van der Waals surface area contributed by atoms with Crippen molar-refractivity contribution >= 4 is 12.6 Å². The molecule has 0 N–H and O–H groups in total. The second kappa shape index (κ2) is 4.72. The van der Waals surface area contributed by atoms with Crippen LogP contribution in [-0.4, -0.2) is 28.1 Å². The van der Waals surface area contributed by atoms with Crippen LogP contribution in [0.15, 0.2) is 36.7 Å². The predicted octanol–water partition coefficient (Wildman–Crippen LogP) is 2.39. The lowest BCUT2D eigenvalue weighted by molar-refractivity contribution is 0.00578. The Labute approximate surface area is 126 Å². The smallest absolute Gasteiger partial charge is 0.399 e. The number of rotatable bonds is 2. The van der Waals surface area contributed by atoms with Crippen molar-refractivity contribution in [2.24, 2.45) is 7.05 Å². The largest absolute Gasteiger partial charge is 0.494 e. The van der Waals surface area contributed by atoms with E-state index in [0.29, 0.717) is 0 Å². The number of aromatic nitrogens is 2. The summed E-state index contributed by atoms with van der Waals surface area (Å²) < 4.78 is 14.0. The van der Waals surface area contributed by atoms with Gasteiger partial charge in [-0.3, -0.25) is 4.68 Å². The van der Waals surface area contributed by atoms with Crippen molar-refractivity contribution in [2.75, 3.05) is 0 Å². The zero-order valence-electron chi connectivity index (χ0n) is 13.3. The molecule has 0 spiro atoms. The summed E-state index contributed by atoms with van der Waals surface area (Å²) in [5.74, 6) is 0. The fourth-order valence-corrected chi connectivity index (χ4v) is 2.41. The predicted molar refractivity (Wildman–Crippen MR) is 84.4 cm³/mol. The van der Waals surface area contributed by atoms with Gasteiger partial charge in [-0.1, -0.05) is 24.3 Å². The highest BCUT2D eigenvalue weighted by atomic mass is 16.7. The van der Waals surface area contributed by atoms with Gasteiger partial charge in [-0.25, -0.2) is 0 Å². The fourth-order valence-electron chi connectivity index (χ4n) is 2.41. The minimum atomic E-state index is -0.327. The van der Waals surface area contributed by atoms with Crippen LogP contribution in [0, 0.1) is 0 Å². The minimum absolute atomic E-state index is 0.317. The topological polar surface area (TPSA) is 36.3 Å². The standard InChI is InChI=1S/C16H21BN2O2/c1-15(2)16(3,4)21-17(20-15)14-8-6-7-12(9-14)13-10-18-19(5)11-13/h6-11H,1-5H3. The van der Waals surface area contributed by atoms with Gasteiger partial charge < -0.3 is 9.31 Å². The van der Waals surface area contributed by atoms with Gasteiger partial charge in [0.2, 0.25) is 0 Å². The lowest BCUT2D eigenvalue weighted by Gasteiger charge is -2.32. The van der Waals surface area contributed by atoms with Crippen LogP contribution < -0.4 is 5.46 Å². The molecule has 21 heavy (non-hydrogen) atoms. The Morgan fingerprint density at radius 1 is 1.05 bits per heavy atom. The first-order chi connectivity index (χ1) is 9.78. The molecule has 110 valence electrons. The highest BCUT2D eigenvalue weighted by Gasteiger charge is 2.51. The molecule has 0 atom stereocenters. The molecule has 2 heterocycles. The molecule has 2 aromatic rings. The van der Waals surface area contributed by atoms with Crippen LogP contribution in [0.1, 0.15) is 27.7 Å². The molecule has 1 aromatic carbocycles. The summed E-state index contributed by atoms with van der Waals surface area (Å²) in [6, 6.07) is 8.26. The van der Waals surface area contributed by atoms with Gasteiger partial charge in [-0.15, -0.1) is 0 Å². The van der Waals surface area contributed by atoms with Crippen molar-refractivity contribution in [3.63, 3.8) is 0 Å². The monoisotopic (exact) mass is 284 g/mol. The van der Waals surface area contributed by atoms with Gasteiger partial charge in [0.1, 0.15) is 0 Å². The number of nitrogens with zero attached hydrogens (tertiary/aromatic N) is 2. The Kier molecular flexibility index (Phi) is 3.22. The van der Waals surface area contributed by atoms with Crippen LogP contribution in [-0.2, 0) is 16.4 Å². The molecule has 3 rings (SSSR count). The molecule has 0 amide bonds. The Morgan fingerprint density at radius 3 is 2.29 bits per heavy atom. The number of aryl methyl sites for hydroxylation is 1. The Bertz CT molecular complexity index is 648. The minimum Gasteiger partial charge on any atom is -0.399 e. The van der Waals surface area contributed by atoms with Crippen molar-refractivity contribution in [2.45, 2.75) is 38.9 Å². The maximum atomic E-state index is 6.10. The van der Waals surface area contributed by atoms with E-state index in [0.717, 1.165) is 16.6 Å². The van der Waals surface area contributed by atoms with E-state index in [1.807, 2.05) is 31.6 Å². The molecule has 0 aliphatic carbocycles. The van der Waals surface area contributed by atoms with Crippen LogP contribution in [0.5, 0.6) is 0 Å². The zero-order valence-corrected chi connectivity index (χ0v) is 13.3. The second-order valence-corrected chi connectivity index (χ2v) is 6.62. The highest BCUT2D eigenvalue weighted by Crippen LogP contribution is 2.36. The van der Waals surface area contributed by atoms with E-state index in [1.54, 1.807) is 4.68 Å². The zero-order chi connectivity index (χ0) is 15.3. The van der Waals surface area contributed by atoms with Gasteiger partial charge in [0.05, 0.1) is 17.4 Å². The molecule has 0 unspecified atom stereocenters. The van der Waals surface area contributed by atoms with Crippen LogP contribution in [0.2, 0.25) is 0 Å². The van der Waals surface area contributed by atoms with Crippen molar-refractivity contribution in [1.82, 2.24) is 9.78 Å². The normalized spacial score (nSPS) is 20.0. The van der Waals surface area contributed by atoms with Crippen LogP contribution in [0.3, 0.4) is 0 Å². The van der Waals surface area contributed by atoms with Gasteiger partial charge in [0.25, 0.3) is 0 Å². The van der Waals surface area contributed by atoms with Crippen molar-refractivity contribution in [3.8, 4) is 11.1 Å². The Hall–Kier alpha value is -1.59. The molecule has 5 heteroatoms. The molecule has 0 saturated carbocycles. The lowest BCUT2D eigenvalue weighted by Crippen LogP contribution is -2.41. The third-order valence-corrected chi connectivity index (χ3v) is 4.45. The summed E-state index contributed by atoms with van der Waals surface area (Å²) in [7, 11) is 1.59. The van der Waals surface area contributed by atoms with Gasteiger partial charge in [0, 0.05) is 18.8 Å². The molecule has 1 aliphatic heterocycles. The second-order valence-electron chi connectivity index (χ2n) is 6.62. The SMILES string of the molecule is Cn1cc(-c2cccc(B3OC(C)(C)C(C)(C)O3)c2)cn1. The summed E-state index contributed by atoms with van der Waals surface area (Å²) in [5.41, 5.74) is 2.62. The Balaban J connectivity index is 1.91. The average Bonchev–Trinajstić information content (AvgIpc) is 2.92. The number of benzene rings is 1. The molecule has 0 radical (unpaired) electrons. The lowest BCUT2D eigenvalue weighted by atomic mass is 9.78. The van der Waals surface area contributed by atoms with Crippen LogP contribution in [0.25, 0.3) is 11.1 Å². The van der Waals surface area contributed by atoms with E-state index in [-0.39, 0.29) is 18.3 Å². The van der Waals surface area contributed by atoms with Gasteiger partial charge in [-0.2, -0.15) is 5.10 Å². The highest BCUT2D eigenvalue weighted by molar-refractivity contribution is 6.62. The maximum absolute atomic E-state index is 6.10.